The highest BCUT2D eigenvalue weighted by atomic mass is 31.2. The molecule has 0 nitrogen and oxygen atoms in total. The highest BCUT2D eigenvalue weighted by Gasteiger charge is 2.25. The Labute approximate surface area is 140 Å². The average molecular weight is 320 g/mol. The van der Waals surface area contributed by atoms with Crippen LogP contribution in [0, 0.1) is 5.41 Å². The van der Waals surface area contributed by atoms with Crippen molar-refractivity contribution >= 4 is 22.8 Å². The minimum atomic E-state index is -1.58. The fourth-order valence-electron chi connectivity index (χ4n) is 3.07. The van der Waals surface area contributed by atoms with Crippen LogP contribution in [0.5, 0.6) is 0 Å². The summed E-state index contributed by atoms with van der Waals surface area (Å²) in [6.07, 6.45) is 7.07. The molecule has 1 heteroatoms. The fourth-order valence-corrected chi connectivity index (χ4v) is 6.28. The smallest absolute Gasteiger partial charge is 0.0132 e. The molecule has 0 unspecified atom stereocenters. The van der Waals surface area contributed by atoms with E-state index in [1.54, 1.807) is 0 Å². The zero-order chi connectivity index (χ0) is 16.5. The summed E-state index contributed by atoms with van der Waals surface area (Å²) in [6, 6.07) is 22.0. The van der Waals surface area contributed by atoms with E-state index in [0.29, 0.717) is 0 Å². The summed E-state index contributed by atoms with van der Waals surface area (Å²) in [5.41, 5.74) is 1.61. The molecule has 0 bridgehead atoms. The molecule has 0 N–H and O–H groups in total. The van der Waals surface area contributed by atoms with Gasteiger partial charge in [-0.3, -0.25) is 0 Å². The molecular weight excluding hydrogens is 295 g/mol. The van der Waals surface area contributed by atoms with E-state index in [1.165, 1.54) is 21.5 Å². The van der Waals surface area contributed by atoms with Gasteiger partial charge in [0.15, 0.2) is 0 Å². The summed E-state index contributed by atoms with van der Waals surface area (Å²) >= 11 is 0. The maximum atomic E-state index is 2.44. The average Bonchev–Trinajstić information content (AvgIpc) is 3.06. The SMILES string of the molecule is CC(C)(C)C1=CC(=P(C)(c2ccccc2)c2ccccc2)C=C1. The lowest BCUT2D eigenvalue weighted by Gasteiger charge is -2.25. The minimum Gasteiger partial charge on any atom is -0.0622 e. The molecule has 0 aliphatic heterocycles. The standard InChI is InChI=1S/C22H25P/c1-22(2,3)18-15-16-21(17-18)23(4,19-11-7-5-8-12-19)20-13-9-6-10-14-20/h5-17H,1-4H3. The van der Waals surface area contributed by atoms with E-state index in [2.05, 4.69) is 106 Å². The Bertz CT molecular complexity index is 757. The second-order valence-corrected chi connectivity index (χ2v) is 10.8. The van der Waals surface area contributed by atoms with Crippen molar-refractivity contribution in [2.45, 2.75) is 20.8 Å². The molecule has 23 heavy (non-hydrogen) atoms. The van der Waals surface area contributed by atoms with E-state index in [-0.39, 0.29) is 5.41 Å². The van der Waals surface area contributed by atoms with Crippen LogP contribution in [0.25, 0.3) is 0 Å². The third-order valence-electron chi connectivity index (χ3n) is 4.66. The Morgan fingerprint density at radius 1 is 0.696 bits per heavy atom. The van der Waals surface area contributed by atoms with Gasteiger partial charge in [0, 0.05) is 0 Å². The van der Waals surface area contributed by atoms with Crippen molar-refractivity contribution in [3.63, 3.8) is 0 Å². The normalized spacial score (nSPS) is 15.0. The van der Waals surface area contributed by atoms with Crippen LogP contribution in [0.1, 0.15) is 20.8 Å². The largest absolute Gasteiger partial charge is 0.0622 e. The van der Waals surface area contributed by atoms with E-state index in [0.717, 1.165) is 0 Å². The van der Waals surface area contributed by atoms with E-state index in [1.807, 2.05) is 0 Å². The van der Waals surface area contributed by atoms with E-state index < -0.39 is 6.89 Å². The summed E-state index contributed by atoms with van der Waals surface area (Å²) in [6.45, 7) is 7.72. The molecule has 0 aromatic heterocycles. The second-order valence-electron chi connectivity index (χ2n) is 7.29. The zero-order valence-electron chi connectivity index (χ0n) is 14.5. The van der Waals surface area contributed by atoms with Crippen LogP contribution >= 0.6 is 6.89 Å². The quantitative estimate of drug-likeness (QED) is 0.683. The van der Waals surface area contributed by atoms with Crippen LogP contribution in [0.4, 0.5) is 0 Å². The molecule has 1 aliphatic rings. The molecule has 2 aromatic rings. The van der Waals surface area contributed by atoms with Crippen molar-refractivity contribution in [2.75, 3.05) is 6.66 Å². The van der Waals surface area contributed by atoms with E-state index in [9.17, 15) is 0 Å². The van der Waals surface area contributed by atoms with Crippen LogP contribution < -0.4 is 10.6 Å². The lowest BCUT2D eigenvalue weighted by molar-refractivity contribution is 0.519. The monoisotopic (exact) mass is 320 g/mol. The first kappa shape index (κ1) is 16.1. The number of benzene rings is 2. The van der Waals surface area contributed by atoms with Crippen molar-refractivity contribution in [1.82, 2.24) is 0 Å². The van der Waals surface area contributed by atoms with Crippen molar-refractivity contribution in [1.29, 1.82) is 0 Å². The van der Waals surface area contributed by atoms with Crippen molar-refractivity contribution in [3.8, 4) is 0 Å². The third kappa shape index (κ3) is 3.01. The maximum absolute atomic E-state index is 2.44. The van der Waals surface area contributed by atoms with Gasteiger partial charge < -0.3 is 0 Å². The Balaban J connectivity index is 2.30. The number of rotatable bonds is 2. The van der Waals surface area contributed by atoms with E-state index >= 15 is 0 Å². The summed E-state index contributed by atoms with van der Waals surface area (Å²) in [5, 5.41) is 4.36. The highest BCUT2D eigenvalue weighted by Crippen LogP contribution is 2.46. The Morgan fingerprint density at radius 3 is 1.57 bits per heavy atom. The third-order valence-corrected chi connectivity index (χ3v) is 8.64. The molecule has 0 atom stereocenters. The van der Waals surface area contributed by atoms with Crippen molar-refractivity contribution in [3.05, 3.63) is 84.5 Å². The van der Waals surface area contributed by atoms with Crippen LogP contribution in [0.15, 0.2) is 84.5 Å². The van der Waals surface area contributed by atoms with Gasteiger partial charge in [0.05, 0.1) is 0 Å². The zero-order valence-corrected chi connectivity index (χ0v) is 15.3. The van der Waals surface area contributed by atoms with Gasteiger partial charge in [0.2, 0.25) is 0 Å². The molecule has 0 amide bonds. The summed E-state index contributed by atoms with van der Waals surface area (Å²) in [4.78, 5) is 0. The van der Waals surface area contributed by atoms with Gasteiger partial charge in [-0.25, -0.2) is 0 Å². The predicted octanol–water partition coefficient (Wildman–Crippen LogP) is 5.00. The second kappa shape index (κ2) is 6.02. The van der Waals surface area contributed by atoms with Gasteiger partial charge in [0.1, 0.15) is 0 Å². The van der Waals surface area contributed by atoms with Gasteiger partial charge in [-0.2, -0.15) is 0 Å². The van der Waals surface area contributed by atoms with Crippen LogP contribution in [0.2, 0.25) is 0 Å². The summed E-state index contributed by atoms with van der Waals surface area (Å²) < 4.78 is 0. The molecule has 0 saturated carbocycles. The van der Waals surface area contributed by atoms with Crippen molar-refractivity contribution in [2.24, 2.45) is 5.41 Å². The van der Waals surface area contributed by atoms with Crippen LogP contribution in [-0.4, -0.2) is 12.0 Å². The van der Waals surface area contributed by atoms with Crippen LogP contribution in [-0.2, 0) is 0 Å². The van der Waals surface area contributed by atoms with Gasteiger partial charge in [-0.15, -0.1) is 0 Å². The molecule has 118 valence electrons. The molecule has 2 aromatic carbocycles. The number of allylic oxidation sites excluding steroid dienone is 4. The minimum absolute atomic E-state index is 0.191. The maximum Gasteiger partial charge on any atom is -0.0132 e. The first-order valence-corrected chi connectivity index (χ1v) is 10.4. The number of hydrogen-bond donors (Lipinski definition) is 0. The molecule has 1 aliphatic carbocycles. The topological polar surface area (TPSA) is 0 Å². The van der Waals surface area contributed by atoms with E-state index in [4.69, 9.17) is 0 Å². The molecule has 0 fully saturated rings. The lowest BCUT2D eigenvalue weighted by atomic mass is 9.87. The molecule has 0 heterocycles. The molecule has 3 rings (SSSR count). The number of hydrogen-bond acceptors (Lipinski definition) is 0. The molecule has 0 saturated heterocycles. The Hall–Kier alpha value is -1.78. The predicted molar refractivity (Wildman–Crippen MR) is 107 cm³/mol. The molecule has 0 spiro atoms. The fraction of sp³-hybridized carbons (Fsp3) is 0.227. The van der Waals surface area contributed by atoms with Gasteiger partial charge >= 0.3 is 0 Å². The summed E-state index contributed by atoms with van der Waals surface area (Å²) in [5.74, 6) is 0. The molecule has 0 radical (unpaired) electrons. The molecular formula is C22H25P. The Kier molecular flexibility index (Phi) is 4.21. The lowest BCUT2D eigenvalue weighted by Crippen LogP contribution is -2.19. The summed E-state index contributed by atoms with van der Waals surface area (Å²) in [7, 11) is 0. The Morgan fingerprint density at radius 2 is 1.17 bits per heavy atom. The van der Waals surface area contributed by atoms with Gasteiger partial charge in [-0.1, -0.05) is 99.7 Å². The first-order valence-electron chi connectivity index (χ1n) is 8.18. The van der Waals surface area contributed by atoms with Crippen LogP contribution in [0.3, 0.4) is 0 Å². The van der Waals surface area contributed by atoms with Gasteiger partial charge in [-0.05, 0) is 40.4 Å². The van der Waals surface area contributed by atoms with Gasteiger partial charge in [0.25, 0.3) is 0 Å². The highest BCUT2D eigenvalue weighted by molar-refractivity contribution is 7.89. The van der Waals surface area contributed by atoms with Crippen molar-refractivity contribution < 1.29 is 0 Å². The first-order chi connectivity index (χ1) is 10.9.